The van der Waals surface area contributed by atoms with E-state index in [0.717, 1.165) is 25.1 Å². The molecule has 0 amide bonds. The summed E-state index contributed by atoms with van der Waals surface area (Å²) in [5.41, 5.74) is 0. The van der Waals surface area contributed by atoms with Gasteiger partial charge in [-0.2, -0.15) is 0 Å². The number of hydrogen-bond acceptors (Lipinski definition) is 6. The monoisotopic (exact) mass is 443 g/mol. The van der Waals surface area contributed by atoms with Gasteiger partial charge >= 0.3 is 59.1 Å². The average Bonchev–Trinajstić information content (AvgIpc) is 3.02. The number of amidine groups is 1. The quantitative estimate of drug-likeness (QED) is 0.120. The second kappa shape index (κ2) is 20.2. The Bertz CT molecular complexity index is 506. The largest absolute Gasteiger partial charge is 1.00 e. The fourth-order valence-electron chi connectivity index (χ4n) is 3.87. The van der Waals surface area contributed by atoms with E-state index in [1.807, 2.05) is 0 Å². The van der Waals surface area contributed by atoms with Crippen LogP contribution in [0.15, 0.2) is 4.99 Å². The molecule has 0 bridgehead atoms. The van der Waals surface area contributed by atoms with Gasteiger partial charge in [-0.3, -0.25) is 4.48 Å². The van der Waals surface area contributed by atoms with E-state index >= 15 is 0 Å². The van der Waals surface area contributed by atoms with Crippen molar-refractivity contribution < 1.29 is 88.1 Å². The molecular formula is C21H37N2Na2O5+. The Balaban J connectivity index is 0. The summed E-state index contributed by atoms with van der Waals surface area (Å²) in [4.78, 5) is 26.3. The summed E-state index contributed by atoms with van der Waals surface area (Å²) >= 11 is 0. The maximum Gasteiger partial charge on any atom is 1.00 e. The number of hydrogen-bond donors (Lipinski definition) is 0. The summed E-state index contributed by atoms with van der Waals surface area (Å²) in [5, 5.41) is 21.7. The van der Waals surface area contributed by atoms with Crippen molar-refractivity contribution in [2.24, 2.45) is 4.99 Å². The Hall–Kier alpha value is 0.530. The molecule has 0 saturated carbocycles. The molecule has 0 spiro atoms. The van der Waals surface area contributed by atoms with E-state index in [1.165, 1.54) is 51.4 Å². The Morgan fingerprint density at radius 1 is 0.933 bits per heavy atom. The van der Waals surface area contributed by atoms with Crippen molar-refractivity contribution in [1.29, 1.82) is 0 Å². The number of carbonyl (C=O) groups is 2. The first-order valence-electron chi connectivity index (χ1n) is 10.9. The molecule has 9 heteroatoms. The number of aliphatic carboxylic acids is 2. The van der Waals surface area contributed by atoms with Crippen LogP contribution >= 0.6 is 0 Å². The molecule has 0 aliphatic carbocycles. The van der Waals surface area contributed by atoms with Gasteiger partial charge in [0.1, 0.15) is 19.6 Å². The SMILES string of the molecule is CCCCCCCCCCCCC1=NCC[N+]1(CCOCC(=O)[O-])CC(=O)[O-].[Na+].[Na+]. The Morgan fingerprint density at radius 3 is 2.03 bits per heavy atom. The van der Waals surface area contributed by atoms with Crippen molar-refractivity contribution in [3.05, 3.63) is 0 Å². The van der Waals surface area contributed by atoms with E-state index in [1.54, 1.807) is 0 Å². The maximum absolute atomic E-state index is 11.3. The topological polar surface area (TPSA) is 102 Å². The summed E-state index contributed by atoms with van der Waals surface area (Å²) < 4.78 is 5.30. The summed E-state index contributed by atoms with van der Waals surface area (Å²) in [6, 6.07) is 0. The van der Waals surface area contributed by atoms with E-state index in [0.29, 0.717) is 19.6 Å². The number of nitrogens with zero attached hydrogens (tertiary/aromatic N) is 2. The molecule has 162 valence electrons. The molecule has 7 nitrogen and oxygen atoms in total. The zero-order chi connectivity index (χ0) is 20.7. The van der Waals surface area contributed by atoms with E-state index in [4.69, 9.17) is 4.74 Å². The zero-order valence-corrected chi connectivity index (χ0v) is 23.5. The van der Waals surface area contributed by atoms with Crippen LogP contribution in [-0.4, -0.2) is 61.7 Å². The van der Waals surface area contributed by atoms with E-state index in [2.05, 4.69) is 11.9 Å². The van der Waals surface area contributed by atoms with Crippen molar-refractivity contribution >= 4 is 17.8 Å². The van der Waals surface area contributed by atoms with Crippen LogP contribution in [0.1, 0.15) is 77.6 Å². The third kappa shape index (κ3) is 14.6. The second-order valence-corrected chi connectivity index (χ2v) is 7.78. The summed E-state index contributed by atoms with van der Waals surface area (Å²) in [6.45, 7) is 3.39. The minimum absolute atomic E-state index is 0. The number of unbranched alkanes of at least 4 members (excludes halogenated alkanes) is 9. The molecule has 1 aliphatic rings. The molecule has 1 aliphatic heterocycles. The van der Waals surface area contributed by atoms with Crippen molar-refractivity contribution in [2.45, 2.75) is 77.6 Å². The summed E-state index contributed by atoms with van der Waals surface area (Å²) in [6.07, 6.45) is 13.3. The van der Waals surface area contributed by atoms with Crippen LogP contribution in [0.2, 0.25) is 0 Å². The normalized spacial score (nSPS) is 17.7. The fraction of sp³-hybridized carbons (Fsp3) is 0.857. The summed E-state index contributed by atoms with van der Waals surface area (Å²) in [5.74, 6) is -1.49. The first-order valence-corrected chi connectivity index (χ1v) is 10.9. The molecule has 0 N–H and O–H groups in total. The zero-order valence-electron chi connectivity index (χ0n) is 19.5. The predicted molar refractivity (Wildman–Crippen MR) is 104 cm³/mol. The minimum atomic E-state index is -1.27. The first kappa shape index (κ1) is 32.7. The molecule has 1 unspecified atom stereocenters. The summed E-state index contributed by atoms with van der Waals surface area (Å²) in [7, 11) is 0. The van der Waals surface area contributed by atoms with Gasteiger partial charge in [0.15, 0.2) is 5.84 Å². The molecule has 1 heterocycles. The molecule has 1 atom stereocenters. The van der Waals surface area contributed by atoms with Crippen LogP contribution < -0.4 is 69.3 Å². The first-order chi connectivity index (χ1) is 13.5. The van der Waals surface area contributed by atoms with Gasteiger partial charge in [0.05, 0.1) is 31.7 Å². The molecular weight excluding hydrogens is 406 g/mol. The van der Waals surface area contributed by atoms with Crippen molar-refractivity contribution in [1.82, 2.24) is 0 Å². The van der Waals surface area contributed by atoms with Crippen molar-refractivity contribution in [3.8, 4) is 0 Å². The second-order valence-electron chi connectivity index (χ2n) is 7.78. The number of carboxylic acid groups (broad SMARTS) is 2. The number of carboxylic acids is 2. The van der Waals surface area contributed by atoms with Gasteiger partial charge in [-0.15, -0.1) is 0 Å². The van der Waals surface area contributed by atoms with Gasteiger partial charge in [0.2, 0.25) is 0 Å². The van der Waals surface area contributed by atoms with Crippen molar-refractivity contribution in [2.75, 3.05) is 39.4 Å². The van der Waals surface area contributed by atoms with Gasteiger partial charge in [-0.05, 0) is 6.42 Å². The fourth-order valence-corrected chi connectivity index (χ4v) is 3.87. The molecule has 1 rings (SSSR count). The van der Waals surface area contributed by atoms with Gasteiger partial charge < -0.3 is 24.5 Å². The Kier molecular flexibility index (Phi) is 22.0. The number of quaternary nitrogens is 1. The molecule has 0 aromatic heterocycles. The molecule has 0 radical (unpaired) electrons. The average molecular weight is 444 g/mol. The van der Waals surface area contributed by atoms with Crippen LogP contribution in [0.5, 0.6) is 0 Å². The minimum Gasteiger partial charge on any atom is -0.548 e. The number of ether oxygens (including phenoxy) is 1. The predicted octanol–water partition coefficient (Wildman–Crippen LogP) is -4.95. The third-order valence-corrected chi connectivity index (χ3v) is 5.44. The number of carbonyl (C=O) groups excluding carboxylic acids is 2. The Morgan fingerprint density at radius 2 is 1.50 bits per heavy atom. The molecule has 0 aromatic rings. The van der Waals surface area contributed by atoms with Crippen LogP contribution in [0.3, 0.4) is 0 Å². The molecule has 0 fully saturated rings. The van der Waals surface area contributed by atoms with Crippen molar-refractivity contribution in [3.63, 3.8) is 0 Å². The smallest absolute Gasteiger partial charge is 0.548 e. The standard InChI is InChI=1S/C21H38N2O5.2Na/c1-2-3-4-5-6-7-8-9-10-11-12-19-22-13-14-23(19,17-20(24)25)15-16-28-18-21(26)27;;/h2-18H2,1H3,(H-,24,25,26,27);;/q;2*+1/p-1. The van der Waals surface area contributed by atoms with E-state index < -0.39 is 18.5 Å². The van der Waals surface area contributed by atoms with Gasteiger partial charge in [0.25, 0.3) is 0 Å². The van der Waals surface area contributed by atoms with Crippen LogP contribution in [0.4, 0.5) is 0 Å². The third-order valence-electron chi connectivity index (χ3n) is 5.44. The Labute approximate surface area is 226 Å². The van der Waals surface area contributed by atoms with Crippen LogP contribution in [-0.2, 0) is 14.3 Å². The van der Waals surface area contributed by atoms with Gasteiger partial charge in [-0.1, -0.05) is 64.7 Å². The number of aliphatic imine (C=N–C) groups is 1. The van der Waals surface area contributed by atoms with E-state index in [9.17, 15) is 19.8 Å². The maximum atomic E-state index is 11.3. The molecule has 0 aromatic carbocycles. The van der Waals surface area contributed by atoms with Gasteiger partial charge in [0, 0.05) is 6.42 Å². The molecule has 0 saturated heterocycles. The van der Waals surface area contributed by atoms with Gasteiger partial charge in [-0.25, -0.2) is 4.99 Å². The number of rotatable bonds is 18. The van der Waals surface area contributed by atoms with Crippen LogP contribution in [0, 0.1) is 0 Å². The van der Waals surface area contributed by atoms with E-state index in [-0.39, 0.29) is 76.7 Å². The van der Waals surface area contributed by atoms with Crippen LogP contribution in [0.25, 0.3) is 0 Å². The molecule has 30 heavy (non-hydrogen) atoms.